The van der Waals surface area contributed by atoms with Crippen molar-refractivity contribution in [1.82, 2.24) is 10.2 Å². The standard InChI is InChI=1S/C15H26N2O4/c1-2-21-15(20)16-12-8-11(6-7-14(18)19)9-17(10-12)13-4-3-5-13/h11-13H,2-10H2,1H3,(H,16,20)(H,18,19). The van der Waals surface area contributed by atoms with Crippen LogP contribution in [0.2, 0.25) is 0 Å². The number of nitrogens with zero attached hydrogens (tertiary/aromatic N) is 1. The van der Waals surface area contributed by atoms with Gasteiger partial charge in [0.1, 0.15) is 0 Å². The third kappa shape index (κ3) is 4.88. The average Bonchev–Trinajstić information content (AvgIpc) is 2.34. The minimum Gasteiger partial charge on any atom is -0.481 e. The highest BCUT2D eigenvalue weighted by Crippen LogP contribution is 2.30. The van der Waals surface area contributed by atoms with Crippen LogP contribution in [0.3, 0.4) is 0 Å². The molecule has 1 saturated heterocycles. The summed E-state index contributed by atoms with van der Waals surface area (Å²) in [5, 5.41) is 11.8. The van der Waals surface area contributed by atoms with E-state index in [1.54, 1.807) is 6.92 Å². The molecule has 21 heavy (non-hydrogen) atoms. The molecule has 2 unspecified atom stereocenters. The minimum atomic E-state index is -0.745. The molecule has 1 aliphatic carbocycles. The molecule has 1 heterocycles. The summed E-state index contributed by atoms with van der Waals surface area (Å²) in [5.74, 6) is -0.409. The maximum absolute atomic E-state index is 11.6. The van der Waals surface area contributed by atoms with Gasteiger partial charge in [-0.3, -0.25) is 9.69 Å². The summed E-state index contributed by atoms with van der Waals surface area (Å²) in [6, 6.07) is 0.682. The van der Waals surface area contributed by atoms with Crippen molar-refractivity contribution in [2.75, 3.05) is 19.7 Å². The molecule has 0 spiro atoms. The van der Waals surface area contributed by atoms with Crippen LogP contribution in [0.5, 0.6) is 0 Å². The predicted molar refractivity (Wildman–Crippen MR) is 78.1 cm³/mol. The number of rotatable bonds is 6. The summed E-state index contributed by atoms with van der Waals surface area (Å²) in [6.45, 7) is 3.97. The molecule has 0 aromatic carbocycles. The quantitative estimate of drug-likeness (QED) is 0.782. The Morgan fingerprint density at radius 2 is 2.10 bits per heavy atom. The highest BCUT2D eigenvalue weighted by Gasteiger charge is 2.34. The molecule has 1 aliphatic heterocycles. The molecule has 120 valence electrons. The first-order valence-electron chi connectivity index (χ1n) is 7.97. The minimum absolute atomic E-state index is 0.0668. The Balaban J connectivity index is 1.89. The topological polar surface area (TPSA) is 78.9 Å². The molecule has 0 bridgehead atoms. The van der Waals surface area contributed by atoms with E-state index in [9.17, 15) is 9.59 Å². The van der Waals surface area contributed by atoms with Crippen LogP contribution in [0.1, 0.15) is 45.4 Å². The van der Waals surface area contributed by atoms with Crippen molar-refractivity contribution in [1.29, 1.82) is 0 Å². The van der Waals surface area contributed by atoms with E-state index < -0.39 is 5.97 Å². The third-order valence-electron chi connectivity index (χ3n) is 4.52. The zero-order chi connectivity index (χ0) is 15.2. The first-order chi connectivity index (χ1) is 10.1. The number of carboxylic acids is 1. The second-order valence-corrected chi connectivity index (χ2v) is 6.13. The van der Waals surface area contributed by atoms with Crippen LogP contribution in [-0.2, 0) is 9.53 Å². The number of hydrogen-bond acceptors (Lipinski definition) is 4. The molecule has 6 heteroatoms. The van der Waals surface area contributed by atoms with Crippen LogP contribution >= 0.6 is 0 Å². The van der Waals surface area contributed by atoms with Crippen LogP contribution in [0.4, 0.5) is 4.79 Å². The summed E-state index contributed by atoms with van der Waals surface area (Å²) in [6.07, 6.45) is 5.08. The number of piperidine rings is 1. The Bertz CT molecular complexity index is 371. The van der Waals surface area contributed by atoms with Gasteiger partial charge in [0.15, 0.2) is 0 Å². The smallest absolute Gasteiger partial charge is 0.407 e. The molecule has 0 aromatic heterocycles. The Hall–Kier alpha value is -1.30. The second-order valence-electron chi connectivity index (χ2n) is 6.13. The predicted octanol–water partition coefficient (Wildman–Crippen LogP) is 1.84. The van der Waals surface area contributed by atoms with E-state index in [0.29, 0.717) is 25.0 Å². The number of likely N-dealkylation sites (tertiary alicyclic amines) is 1. The molecule has 2 rings (SSSR count). The van der Waals surface area contributed by atoms with Gasteiger partial charge < -0.3 is 15.2 Å². The lowest BCUT2D eigenvalue weighted by atomic mass is 9.85. The van der Waals surface area contributed by atoms with Crippen LogP contribution in [0.15, 0.2) is 0 Å². The first-order valence-corrected chi connectivity index (χ1v) is 7.97. The summed E-state index contributed by atoms with van der Waals surface area (Å²) < 4.78 is 4.95. The Morgan fingerprint density at radius 3 is 2.67 bits per heavy atom. The van der Waals surface area contributed by atoms with E-state index in [-0.39, 0.29) is 18.6 Å². The molecule has 2 aliphatic rings. The molecular weight excluding hydrogens is 272 g/mol. The van der Waals surface area contributed by atoms with Crippen molar-refractivity contribution in [2.45, 2.75) is 57.5 Å². The van der Waals surface area contributed by atoms with E-state index in [2.05, 4.69) is 10.2 Å². The van der Waals surface area contributed by atoms with Gasteiger partial charge in [-0.2, -0.15) is 0 Å². The SMILES string of the molecule is CCOC(=O)NC1CC(CCC(=O)O)CN(C2CCC2)C1. The lowest BCUT2D eigenvalue weighted by Gasteiger charge is -2.45. The Labute approximate surface area is 125 Å². The van der Waals surface area contributed by atoms with Gasteiger partial charge in [-0.25, -0.2) is 4.79 Å². The Kier molecular flexibility index (Phi) is 5.85. The zero-order valence-electron chi connectivity index (χ0n) is 12.7. The molecule has 1 amide bonds. The fraction of sp³-hybridized carbons (Fsp3) is 0.867. The number of carbonyl (C=O) groups excluding carboxylic acids is 1. The van der Waals surface area contributed by atoms with Gasteiger partial charge in [0.2, 0.25) is 0 Å². The maximum Gasteiger partial charge on any atom is 0.407 e. The third-order valence-corrected chi connectivity index (χ3v) is 4.52. The van der Waals surface area contributed by atoms with Crippen molar-refractivity contribution < 1.29 is 19.4 Å². The number of carbonyl (C=O) groups is 2. The van der Waals surface area contributed by atoms with Crippen molar-refractivity contribution in [3.63, 3.8) is 0 Å². The van der Waals surface area contributed by atoms with Gasteiger partial charge in [0.05, 0.1) is 6.61 Å². The molecular formula is C15H26N2O4. The van der Waals surface area contributed by atoms with Crippen molar-refractivity contribution in [2.24, 2.45) is 5.92 Å². The number of carboxylic acid groups (broad SMARTS) is 1. The van der Waals surface area contributed by atoms with E-state index >= 15 is 0 Å². The van der Waals surface area contributed by atoms with Gasteiger partial charge in [-0.1, -0.05) is 6.42 Å². The number of alkyl carbamates (subject to hydrolysis) is 1. The van der Waals surface area contributed by atoms with Crippen LogP contribution in [0, 0.1) is 5.92 Å². The largest absolute Gasteiger partial charge is 0.481 e. The highest BCUT2D eigenvalue weighted by atomic mass is 16.5. The molecule has 2 atom stereocenters. The van der Waals surface area contributed by atoms with Gasteiger partial charge in [-0.05, 0) is 38.5 Å². The van der Waals surface area contributed by atoms with Gasteiger partial charge in [-0.15, -0.1) is 0 Å². The van der Waals surface area contributed by atoms with Crippen molar-refractivity contribution in [3.05, 3.63) is 0 Å². The Morgan fingerprint density at radius 1 is 1.33 bits per heavy atom. The number of aliphatic carboxylic acids is 1. The maximum atomic E-state index is 11.6. The van der Waals surface area contributed by atoms with Crippen LogP contribution in [0.25, 0.3) is 0 Å². The van der Waals surface area contributed by atoms with Crippen molar-refractivity contribution in [3.8, 4) is 0 Å². The summed E-state index contributed by atoms with van der Waals surface area (Å²) in [7, 11) is 0. The zero-order valence-corrected chi connectivity index (χ0v) is 12.7. The molecule has 6 nitrogen and oxygen atoms in total. The van der Waals surface area contributed by atoms with Gasteiger partial charge in [0.25, 0.3) is 0 Å². The van der Waals surface area contributed by atoms with E-state index in [0.717, 1.165) is 19.5 Å². The molecule has 1 saturated carbocycles. The van der Waals surface area contributed by atoms with Gasteiger partial charge >= 0.3 is 12.1 Å². The van der Waals surface area contributed by atoms with Crippen LogP contribution < -0.4 is 5.32 Å². The lowest BCUT2D eigenvalue weighted by Crippen LogP contribution is -2.55. The average molecular weight is 298 g/mol. The lowest BCUT2D eigenvalue weighted by molar-refractivity contribution is -0.137. The van der Waals surface area contributed by atoms with Crippen LogP contribution in [-0.4, -0.2) is 53.8 Å². The molecule has 0 aromatic rings. The summed E-state index contributed by atoms with van der Waals surface area (Å²) >= 11 is 0. The number of ether oxygens (including phenoxy) is 1. The van der Waals surface area contributed by atoms with E-state index in [4.69, 9.17) is 9.84 Å². The number of amides is 1. The molecule has 0 radical (unpaired) electrons. The van der Waals surface area contributed by atoms with Gasteiger partial charge in [0, 0.05) is 31.6 Å². The first kappa shape index (κ1) is 16.1. The molecule has 2 N–H and O–H groups in total. The highest BCUT2D eigenvalue weighted by molar-refractivity contribution is 5.67. The second kappa shape index (κ2) is 7.64. The van der Waals surface area contributed by atoms with Crippen molar-refractivity contribution >= 4 is 12.1 Å². The number of hydrogen-bond donors (Lipinski definition) is 2. The molecule has 2 fully saturated rings. The fourth-order valence-corrected chi connectivity index (χ4v) is 3.27. The van der Waals surface area contributed by atoms with E-state index in [1.165, 1.54) is 19.3 Å². The number of nitrogens with one attached hydrogen (secondary N) is 1. The summed E-state index contributed by atoms with van der Waals surface area (Å²) in [4.78, 5) is 24.8. The summed E-state index contributed by atoms with van der Waals surface area (Å²) in [5.41, 5.74) is 0. The van der Waals surface area contributed by atoms with E-state index in [1.807, 2.05) is 0 Å². The monoisotopic (exact) mass is 298 g/mol. The normalized spacial score (nSPS) is 26.9. The fourth-order valence-electron chi connectivity index (χ4n) is 3.27.